The summed E-state index contributed by atoms with van der Waals surface area (Å²) in [6, 6.07) is 17.1. The summed E-state index contributed by atoms with van der Waals surface area (Å²) in [6.45, 7) is 3.62. The molecule has 5 nitrogen and oxygen atoms in total. The van der Waals surface area contributed by atoms with E-state index in [-0.39, 0.29) is 12.2 Å². The van der Waals surface area contributed by atoms with Crippen molar-refractivity contribution in [1.29, 1.82) is 5.26 Å². The molecule has 3 aromatic rings. The quantitative estimate of drug-likeness (QED) is 0.311. The van der Waals surface area contributed by atoms with Gasteiger partial charge in [-0.3, -0.25) is 4.79 Å². The molecule has 0 aromatic heterocycles. The molecular formula is C27H23F3N2O3. The zero-order chi connectivity index (χ0) is 25.6. The van der Waals surface area contributed by atoms with Gasteiger partial charge in [-0.15, -0.1) is 0 Å². The zero-order valence-corrected chi connectivity index (χ0v) is 19.4. The first kappa shape index (κ1) is 25.4. The summed E-state index contributed by atoms with van der Waals surface area (Å²) < 4.78 is 49.8. The smallest absolute Gasteiger partial charge is 0.416 e. The van der Waals surface area contributed by atoms with Crippen LogP contribution in [-0.4, -0.2) is 13.0 Å². The fraction of sp³-hybridized carbons (Fsp3) is 0.185. The van der Waals surface area contributed by atoms with Crippen LogP contribution in [0.1, 0.15) is 27.8 Å². The Balaban J connectivity index is 1.78. The molecule has 180 valence electrons. The number of nitriles is 1. The molecule has 8 heteroatoms. The fourth-order valence-corrected chi connectivity index (χ4v) is 3.40. The van der Waals surface area contributed by atoms with E-state index in [9.17, 15) is 23.2 Å². The Labute approximate surface area is 201 Å². The molecule has 0 aliphatic heterocycles. The van der Waals surface area contributed by atoms with Crippen molar-refractivity contribution in [2.24, 2.45) is 0 Å². The van der Waals surface area contributed by atoms with Crippen LogP contribution in [0, 0.1) is 25.2 Å². The lowest BCUT2D eigenvalue weighted by Gasteiger charge is -2.13. The van der Waals surface area contributed by atoms with E-state index in [0.717, 1.165) is 23.3 Å². The van der Waals surface area contributed by atoms with Crippen molar-refractivity contribution in [3.05, 3.63) is 94.1 Å². The molecule has 1 N–H and O–H groups in total. The van der Waals surface area contributed by atoms with Crippen molar-refractivity contribution >= 4 is 17.7 Å². The molecule has 0 saturated heterocycles. The van der Waals surface area contributed by atoms with Crippen LogP contribution >= 0.6 is 0 Å². The van der Waals surface area contributed by atoms with Crippen LogP contribution in [-0.2, 0) is 17.6 Å². The van der Waals surface area contributed by atoms with E-state index in [4.69, 9.17) is 9.47 Å². The van der Waals surface area contributed by atoms with Crippen LogP contribution in [0.25, 0.3) is 6.08 Å². The number of anilines is 1. The number of rotatable bonds is 7. The normalized spacial score (nSPS) is 11.5. The number of carbonyl (C=O) groups is 1. The average Bonchev–Trinajstić information content (AvgIpc) is 2.83. The summed E-state index contributed by atoms with van der Waals surface area (Å²) in [5.74, 6) is 0.0625. The van der Waals surface area contributed by atoms with Crippen LogP contribution in [0.4, 0.5) is 18.9 Å². The van der Waals surface area contributed by atoms with Crippen molar-refractivity contribution in [1.82, 2.24) is 0 Å². The minimum Gasteiger partial charge on any atom is -0.493 e. The van der Waals surface area contributed by atoms with E-state index in [1.165, 1.54) is 25.3 Å². The number of aryl methyl sites for hydroxylation is 2. The van der Waals surface area contributed by atoms with Crippen molar-refractivity contribution in [3.8, 4) is 17.6 Å². The third-order valence-corrected chi connectivity index (χ3v) is 5.23. The fourth-order valence-electron chi connectivity index (χ4n) is 3.40. The Bertz CT molecular complexity index is 1290. The highest BCUT2D eigenvalue weighted by Crippen LogP contribution is 2.32. The number of nitrogens with zero attached hydrogens (tertiary/aromatic N) is 1. The second kappa shape index (κ2) is 10.8. The maximum Gasteiger partial charge on any atom is 0.416 e. The van der Waals surface area contributed by atoms with Gasteiger partial charge < -0.3 is 14.8 Å². The lowest BCUT2D eigenvalue weighted by atomic mass is 10.1. The van der Waals surface area contributed by atoms with Gasteiger partial charge in [0, 0.05) is 5.69 Å². The number of hydrogen-bond acceptors (Lipinski definition) is 4. The first-order valence-corrected chi connectivity index (χ1v) is 10.6. The van der Waals surface area contributed by atoms with Crippen molar-refractivity contribution in [2.75, 3.05) is 12.4 Å². The Morgan fingerprint density at radius 2 is 1.71 bits per heavy atom. The molecular weight excluding hydrogens is 457 g/mol. The highest BCUT2D eigenvalue weighted by Gasteiger charge is 2.30. The maximum absolute atomic E-state index is 12.9. The number of hydrogen-bond donors (Lipinski definition) is 1. The molecule has 0 fully saturated rings. The Morgan fingerprint density at radius 1 is 1.03 bits per heavy atom. The van der Waals surface area contributed by atoms with Gasteiger partial charge in [-0.25, -0.2) is 0 Å². The number of carbonyl (C=O) groups excluding carboxylic acids is 1. The molecule has 35 heavy (non-hydrogen) atoms. The lowest BCUT2D eigenvalue weighted by Crippen LogP contribution is -2.15. The number of nitrogens with one attached hydrogen (secondary N) is 1. The van der Waals surface area contributed by atoms with Crippen molar-refractivity contribution in [3.63, 3.8) is 0 Å². The van der Waals surface area contributed by atoms with E-state index in [2.05, 4.69) is 5.32 Å². The van der Waals surface area contributed by atoms with Crippen LogP contribution in [0.3, 0.4) is 0 Å². The topological polar surface area (TPSA) is 71.3 Å². The van der Waals surface area contributed by atoms with Gasteiger partial charge in [0.15, 0.2) is 11.5 Å². The molecule has 0 saturated carbocycles. The number of benzene rings is 3. The summed E-state index contributed by atoms with van der Waals surface area (Å²) in [5, 5.41) is 12.3. The Hall–Kier alpha value is -4.25. The summed E-state index contributed by atoms with van der Waals surface area (Å²) in [4.78, 5) is 12.7. The number of amides is 1. The summed E-state index contributed by atoms with van der Waals surface area (Å²) in [6.07, 6.45) is -3.02. The molecule has 0 aliphatic rings. The largest absolute Gasteiger partial charge is 0.493 e. The molecule has 0 unspecified atom stereocenters. The van der Waals surface area contributed by atoms with Crippen LogP contribution in [0.2, 0.25) is 0 Å². The van der Waals surface area contributed by atoms with Crippen molar-refractivity contribution < 1.29 is 27.4 Å². The number of para-hydroxylation sites is 1. The summed E-state index contributed by atoms with van der Waals surface area (Å²) in [7, 11) is 1.42. The highest BCUT2D eigenvalue weighted by atomic mass is 19.4. The van der Waals surface area contributed by atoms with Gasteiger partial charge in [0.25, 0.3) is 5.91 Å². The number of methoxy groups -OCH3 is 1. The van der Waals surface area contributed by atoms with Gasteiger partial charge in [-0.2, -0.15) is 18.4 Å². The Morgan fingerprint density at radius 3 is 2.34 bits per heavy atom. The monoisotopic (exact) mass is 480 g/mol. The van der Waals surface area contributed by atoms with E-state index >= 15 is 0 Å². The molecule has 0 bridgehead atoms. The minimum absolute atomic E-state index is 0.100. The molecule has 0 atom stereocenters. The van der Waals surface area contributed by atoms with Crippen LogP contribution in [0.5, 0.6) is 11.5 Å². The molecule has 0 heterocycles. The molecule has 0 aliphatic carbocycles. The van der Waals surface area contributed by atoms with Gasteiger partial charge in [-0.05, 0) is 66.4 Å². The number of ether oxygens (including phenoxy) is 2. The zero-order valence-electron chi connectivity index (χ0n) is 19.4. The first-order chi connectivity index (χ1) is 16.6. The molecule has 1 amide bonds. The van der Waals surface area contributed by atoms with Gasteiger partial charge in [0.05, 0.1) is 12.7 Å². The van der Waals surface area contributed by atoms with E-state index in [1.807, 2.05) is 38.1 Å². The average molecular weight is 480 g/mol. The number of halogens is 3. The second-order valence-corrected chi connectivity index (χ2v) is 7.79. The van der Waals surface area contributed by atoms with Crippen LogP contribution in [0.15, 0.2) is 66.2 Å². The first-order valence-electron chi connectivity index (χ1n) is 10.6. The third kappa shape index (κ3) is 6.42. The summed E-state index contributed by atoms with van der Waals surface area (Å²) in [5.41, 5.74) is 2.40. The molecule has 0 radical (unpaired) electrons. The minimum atomic E-state index is -4.44. The molecule has 0 spiro atoms. The Kier molecular flexibility index (Phi) is 7.82. The summed E-state index contributed by atoms with van der Waals surface area (Å²) >= 11 is 0. The highest BCUT2D eigenvalue weighted by molar-refractivity contribution is 6.10. The van der Waals surface area contributed by atoms with Gasteiger partial charge in [0.1, 0.15) is 18.2 Å². The standard InChI is InChI=1S/C27H23F3N2O3/c1-17-6-4-7-18(2)25(17)32-26(33)21(15-31)12-19-10-11-23(24(14-19)34-3)35-16-20-8-5-9-22(13-20)27(28,29)30/h4-14H,16H2,1-3H3,(H,32,33)/b21-12+. The van der Waals surface area contributed by atoms with E-state index in [0.29, 0.717) is 28.3 Å². The van der Waals surface area contributed by atoms with Gasteiger partial charge >= 0.3 is 6.18 Å². The predicted octanol–water partition coefficient (Wildman–Crippen LogP) is 6.46. The molecule has 3 aromatic carbocycles. The SMILES string of the molecule is COc1cc(/C=C(\C#N)C(=O)Nc2c(C)cccc2C)ccc1OCc1cccc(C(F)(F)F)c1. The van der Waals surface area contributed by atoms with E-state index in [1.54, 1.807) is 18.2 Å². The van der Waals surface area contributed by atoms with Gasteiger partial charge in [-0.1, -0.05) is 36.4 Å². The predicted molar refractivity (Wildman–Crippen MR) is 127 cm³/mol. The molecule has 3 rings (SSSR count). The second-order valence-electron chi connectivity index (χ2n) is 7.79. The lowest BCUT2D eigenvalue weighted by molar-refractivity contribution is -0.137. The van der Waals surface area contributed by atoms with Gasteiger partial charge in [0.2, 0.25) is 0 Å². The number of alkyl halides is 3. The van der Waals surface area contributed by atoms with Crippen LogP contribution < -0.4 is 14.8 Å². The van der Waals surface area contributed by atoms with Crippen molar-refractivity contribution in [2.45, 2.75) is 26.6 Å². The maximum atomic E-state index is 12.9. The van der Waals surface area contributed by atoms with E-state index < -0.39 is 17.6 Å². The third-order valence-electron chi connectivity index (χ3n) is 5.23.